The molecule has 4 heteroatoms. The van der Waals surface area contributed by atoms with Crippen molar-refractivity contribution in [3.8, 4) is 0 Å². The van der Waals surface area contributed by atoms with Crippen molar-refractivity contribution in [2.75, 3.05) is 7.05 Å². The van der Waals surface area contributed by atoms with Crippen LogP contribution in [0.2, 0.25) is 0 Å². The van der Waals surface area contributed by atoms with Crippen LogP contribution >= 0.6 is 0 Å². The van der Waals surface area contributed by atoms with Crippen molar-refractivity contribution in [1.29, 1.82) is 0 Å². The molecule has 1 saturated carbocycles. The first-order valence-corrected chi connectivity index (χ1v) is 6.63. The maximum absolute atomic E-state index is 6.01. The highest BCUT2D eigenvalue weighted by atomic mass is 16.5. The van der Waals surface area contributed by atoms with Crippen LogP contribution in [-0.2, 0) is 17.9 Å². The molecule has 1 aromatic rings. The summed E-state index contributed by atoms with van der Waals surface area (Å²) in [6, 6.07) is 0.518. The molecule has 1 aliphatic carbocycles. The Morgan fingerprint density at radius 3 is 3.00 bits per heavy atom. The second-order valence-electron chi connectivity index (χ2n) is 4.73. The van der Waals surface area contributed by atoms with Crippen LogP contribution in [0.3, 0.4) is 0 Å². The maximum atomic E-state index is 6.01. The molecule has 1 aliphatic rings. The van der Waals surface area contributed by atoms with E-state index in [9.17, 15) is 0 Å². The third-order valence-corrected chi connectivity index (χ3v) is 3.55. The first kappa shape index (κ1) is 12.6. The van der Waals surface area contributed by atoms with Crippen molar-refractivity contribution in [3.05, 3.63) is 18.0 Å². The van der Waals surface area contributed by atoms with E-state index in [1.807, 2.05) is 17.9 Å². The van der Waals surface area contributed by atoms with Gasteiger partial charge >= 0.3 is 0 Å². The number of nitrogens with zero attached hydrogens (tertiary/aromatic N) is 2. The van der Waals surface area contributed by atoms with E-state index in [1.54, 1.807) is 0 Å². The average molecular weight is 237 g/mol. The Morgan fingerprint density at radius 1 is 1.47 bits per heavy atom. The fraction of sp³-hybridized carbons (Fsp3) is 0.769. The van der Waals surface area contributed by atoms with Gasteiger partial charge in [-0.25, -0.2) is 0 Å². The van der Waals surface area contributed by atoms with E-state index in [1.165, 1.54) is 31.2 Å². The standard InChI is InChI=1S/C13H23N3O/c1-3-16-9-11(8-15-16)10-17-13-7-5-4-6-12(13)14-2/h8-9,12-14H,3-7,10H2,1-2H3. The lowest BCUT2D eigenvalue weighted by Crippen LogP contribution is -2.41. The number of hydrogen-bond donors (Lipinski definition) is 1. The third-order valence-electron chi connectivity index (χ3n) is 3.55. The molecular weight excluding hydrogens is 214 g/mol. The molecule has 17 heavy (non-hydrogen) atoms. The summed E-state index contributed by atoms with van der Waals surface area (Å²) in [5.41, 5.74) is 1.17. The summed E-state index contributed by atoms with van der Waals surface area (Å²) in [6.07, 6.45) is 9.34. The molecule has 4 nitrogen and oxygen atoms in total. The fourth-order valence-corrected chi connectivity index (χ4v) is 2.48. The Balaban J connectivity index is 1.83. The van der Waals surface area contributed by atoms with Gasteiger partial charge < -0.3 is 10.1 Å². The highest BCUT2D eigenvalue weighted by Gasteiger charge is 2.24. The highest BCUT2D eigenvalue weighted by Crippen LogP contribution is 2.22. The Kier molecular flexibility index (Phi) is 4.57. The lowest BCUT2D eigenvalue weighted by molar-refractivity contribution is -0.00363. The number of ether oxygens (including phenoxy) is 1. The minimum absolute atomic E-state index is 0.360. The molecule has 0 bridgehead atoms. The van der Waals surface area contributed by atoms with E-state index in [0.29, 0.717) is 18.8 Å². The van der Waals surface area contributed by atoms with Gasteiger partial charge in [0.25, 0.3) is 0 Å². The van der Waals surface area contributed by atoms with Gasteiger partial charge in [0.1, 0.15) is 0 Å². The molecular formula is C13H23N3O. The van der Waals surface area contributed by atoms with Crippen LogP contribution in [0.4, 0.5) is 0 Å². The first-order valence-electron chi connectivity index (χ1n) is 6.63. The predicted octanol–water partition coefficient (Wildman–Crippen LogP) is 1.95. The quantitative estimate of drug-likeness (QED) is 0.850. The summed E-state index contributed by atoms with van der Waals surface area (Å²) in [6.45, 7) is 3.70. The van der Waals surface area contributed by atoms with Crippen molar-refractivity contribution in [2.45, 2.75) is 57.9 Å². The number of aryl methyl sites for hydroxylation is 1. The Hall–Kier alpha value is -0.870. The van der Waals surface area contributed by atoms with Crippen molar-refractivity contribution in [1.82, 2.24) is 15.1 Å². The predicted molar refractivity (Wildman–Crippen MR) is 67.8 cm³/mol. The summed E-state index contributed by atoms with van der Waals surface area (Å²) < 4.78 is 7.95. The lowest BCUT2D eigenvalue weighted by Gasteiger charge is -2.31. The number of aromatic nitrogens is 2. The molecule has 0 aromatic carbocycles. The average Bonchev–Trinajstić information content (AvgIpc) is 2.84. The van der Waals surface area contributed by atoms with Crippen molar-refractivity contribution in [2.24, 2.45) is 0 Å². The van der Waals surface area contributed by atoms with Crippen LogP contribution in [0.15, 0.2) is 12.4 Å². The molecule has 2 unspecified atom stereocenters. The lowest BCUT2D eigenvalue weighted by atomic mass is 9.92. The zero-order valence-corrected chi connectivity index (χ0v) is 10.9. The number of rotatable bonds is 5. The zero-order chi connectivity index (χ0) is 12.1. The van der Waals surface area contributed by atoms with E-state index in [2.05, 4.69) is 23.5 Å². The van der Waals surface area contributed by atoms with Crippen molar-refractivity contribution < 1.29 is 4.74 Å². The molecule has 0 spiro atoms. The Morgan fingerprint density at radius 2 is 2.29 bits per heavy atom. The molecule has 0 radical (unpaired) electrons. The van der Waals surface area contributed by atoms with Crippen LogP contribution in [0.5, 0.6) is 0 Å². The summed E-state index contributed by atoms with van der Waals surface area (Å²) in [4.78, 5) is 0. The number of nitrogens with one attached hydrogen (secondary N) is 1. The van der Waals surface area contributed by atoms with Crippen molar-refractivity contribution in [3.63, 3.8) is 0 Å². The Bertz CT molecular complexity index is 337. The van der Waals surface area contributed by atoms with Crippen LogP contribution in [-0.4, -0.2) is 29.0 Å². The molecule has 1 fully saturated rings. The molecule has 1 heterocycles. The largest absolute Gasteiger partial charge is 0.372 e. The second-order valence-corrected chi connectivity index (χ2v) is 4.73. The van der Waals surface area contributed by atoms with E-state index in [4.69, 9.17) is 4.74 Å². The van der Waals surface area contributed by atoms with Gasteiger partial charge in [0.15, 0.2) is 0 Å². The van der Waals surface area contributed by atoms with Crippen molar-refractivity contribution >= 4 is 0 Å². The third kappa shape index (κ3) is 3.30. The molecule has 1 aromatic heterocycles. The van der Waals surface area contributed by atoms with Crippen LogP contribution < -0.4 is 5.32 Å². The normalized spacial score (nSPS) is 25.1. The molecule has 96 valence electrons. The van der Waals surface area contributed by atoms with E-state index in [0.717, 1.165) is 6.54 Å². The first-order chi connectivity index (χ1) is 8.33. The van der Waals surface area contributed by atoms with Gasteiger partial charge in [0, 0.05) is 24.3 Å². The molecule has 1 N–H and O–H groups in total. The summed E-state index contributed by atoms with van der Waals surface area (Å²) >= 11 is 0. The van der Waals surface area contributed by atoms with Crippen LogP contribution in [0.25, 0.3) is 0 Å². The Labute approximate surface area is 103 Å². The molecule has 0 aliphatic heterocycles. The molecule has 2 atom stereocenters. The van der Waals surface area contributed by atoms with Gasteiger partial charge in [-0.15, -0.1) is 0 Å². The minimum atomic E-state index is 0.360. The topological polar surface area (TPSA) is 39.1 Å². The SMILES string of the molecule is CCn1cc(COC2CCCCC2NC)cn1. The minimum Gasteiger partial charge on any atom is -0.372 e. The summed E-state index contributed by atoms with van der Waals surface area (Å²) in [5.74, 6) is 0. The van der Waals surface area contributed by atoms with Gasteiger partial charge in [-0.2, -0.15) is 5.10 Å². The van der Waals surface area contributed by atoms with Crippen LogP contribution in [0.1, 0.15) is 38.2 Å². The summed E-state index contributed by atoms with van der Waals surface area (Å²) in [5, 5.41) is 7.62. The van der Waals surface area contributed by atoms with E-state index >= 15 is 0 Å². The number of likely N-dealkylation sites (N-methyl/N-ethyl adjacent to an activating group) is 1. The summed E-state index contributed by atoms with van der Waals surface area (Å²) in [7, 11) is 2.03. The van der Waals surface area contributed by atoms with Gasteiger partial charge in [0.2, 0.25) is 0 Å². The fourth-order valence-electron chi connectivity index (χ4n) is 2.48. The number of hydrogen-bond acceptors (Lipinski definition) is 3. The molecule has 0 saturated heterocycles. The zero-order valence-electron chi connectivity index (χ0n) is 10.9. The smallest absolute Gasteiger partial charge is 0.0752 e. The van der Waals surface area contributed by atoms with Gasteiger partial charge in [-0.05, 0) is 26.8 Å². The second kappa shape index (κ2) is 6.17. The van der Waals surface area contributed by atoms with Crippen LogP contribution in [0, 0.1) is 0 Å². The van der Waals surface area contributed by atoms with Gasteiger partial charge in [0.05, 0.1) is 18.9 Å². The van der Waals surface area contributed by atoms with E-state index in [-0.39, 0.29) is 0 Å². The van der Waals surface area contributed by atoms with Gasteiger partial charge in [-0.3, -0.25) is 4.68 Å². The molecule has 0 amide bonds. The highest BCUT2D eigenvalue weighted by molar-refractivity contribution is 5.02. The maximum Gasteiger partial charge on any atom is 0.0752 e. The van der Waals surface area contributed by atoms with Gasteiger partial charge in [-0.1, -0.05) is 12.8 Å². The molecule has 2 rings (SSSR count). The monoisotopic (exact) mass is 237 g/mol. The van der Waals surface area contributed by atoms with E-state index < -0.39 is 0 Å².